The van der Waals surface area contributed by atoms with Crippen molar-refractivity contribution in [3.8, 4) is 5.75 Å². The zero-order valence-electron chi connectivity index (χ0n) is 18.0. The van der Waals surface area contributed by atoms with Crippen LogP contribution < -0.4 is 10.1 Å². The number of hydrogen-bond acceptors (Lipinski definition) is 5. The lowest BCUT2D eigenvalue weighted by Crippen LogP contribution is -2.35. The van der Waals surface area contributed by atoms with E-state index in [-0.39, 0.29) is 12.0 Å². The average molecular weight is 429 g/mol. The summed E-state index contributed by atoms with van der Waals surface area (Å²) in [6.07, 6.45) is 8.66. The zero-order chi connectivity index (χ0) is 21.3. The lowest BCUT2D eigenvalue weighted by molar-refractivity contribution is -0.119. The molecule has 1 aromatic carbocycles. The normalized spacial score (nSPS) is 15.9. The van der Waals surface area contributed by atoms with E-state index in [1.165, 1.54) is 43.0 Å². The molecule has 1 aliphatic rings. The first-order valence-corrected chi connectivity index (χ1v) is 11.7. The predicted molar refractivity (Wildman–Crippen MR) is 121 cm³/mol. The van der Waals surface area contributed by atoms with Gasteiger partial charge in [0.25, 0.3) is 0 Å². The molecule has 0 spiro atoms. The number of allylic oxidation sites excluding steroid dienone is 1. The molecule has 2 aromatic rings. The number of aryl methyl sites for hydroxylation is 1. The van der Waals surface area contributed by atoms with Crippen molar-refractivity contribution in [2.45, 2.75) is 76.2 Å². The number of carbonyl (C=O) groups is 1. The Morgan fingerprint density at radius 1 is 1.27 bits per heavy atom. The van der Waals surface area contributed by atoms with Crippen molar-refractivity contribution in [3.05, 3.63) is 48.3 Å². The maximum absolute atomic E-state index is 12.4. The van der Waals surface area contributed by atoms with Gasteiger partial charge >= 0.3 is 0 Å². The van der Waals surface area contributed by atoms with E-state index in [0.717, 1.165) is 24.4 Å². The second kappa shape index (κ2) is 11.2. The van der Waals surface area contributed by atoms with Crippen LogP contribution in [0, 0.1) is 6.92 Å². The Kier molecular flexibility index (Phi) is 8.37. The fourth-order valence-corrected chi connectivity index (χ4v) is 4.47. The lowest BCUT2D eigenvalue weighted by atomic mass is 10.1. The number of carbonyl (C=O) groups excluding carboxylic acids is 1. The summed E-state index contributed by atoms with van der Waals surface area (Å²) in [5, 5.41) is 12.5. The summed E-state index contributed by atoms with van der Waals surface area (Å²) in [4.78, 5) is 12.4. The Bertz CT molecular complexity index is 826. The van der Waals surface area contributed by atoms with Crippen molar-refractivity contribution >= 4 is 17.7 Å². The molecule has 1 saturated carbocycles. The number of rotatable bonds is 9. The number of ether oxygens (including phenoxy) is 1. The average Bonchev–Trinajstić information content (AvgIpc) is 2.95. The summed E-state index contributed by atoms with van der Waals surface area (Å²) in [7, 11) is 0. The molecule has 1 atom stereocenters. The summed E-state index contributed by atoms with van der Waals surface area (Å²) in [6.45, 7) is 8.41. The van der Waals surface area contributed by atoms with Crippen molar-refractivity contribution < 1.29 is 9.53 Å². The van der Waals surface area contributed by atoms with Gasteiger partial charge in [0.2, 0.25) is 5.91 Å². The van der Waals surface area contributed by atoms with E-state index in [9.17, 15) is 4.79 Å². The second-order valence-corrected chi connectivity index (χ2v) is 8.80. The molecule has 6 nitrogen and oxygen atoms in total. The van der Waals surface area contributed by atoms with Crippen LogP contribution in [-0.2, 0) is 11.3 Å². The third-order valence-corrected chi connectivity index (χ3v) is 6.27. The molecule has 30 heavy (non-hydrogen) atoms. The Morgan fingerprint density at radius 3 is 2.63 bits per heavy atom. The quantitative estimate of drug-likeness (QED) is 0.351. The molecule has 1 fully saturated rings. The Balaban J connectivity index is 1.60. The minimum atomic E-state index is -0.269. The number of nitrogens with one attached hydrogen (secondary N) is 1. The van der Waals surface area contributed by atoms with Gasteiger partial charge in [0.05, 0.1) is 5.75 Å². The van der Waals surface area contributed by atoms with Crippen LogP contribution in [0.25, 0.3) is 0 Å². The number of hydrogen-bond donors (Lipinski definition) is 1. The monoisotopic (exact) mass is 428 g/mol. The van der Waals surface area contributed by atoms with Crippen LogP contribution in [0.4, 0.5) is 0 Å². The molecule has 7 heteroatoms. The van der Waals surface area contributed by atoms with Gasteiger partial charge in [-0.3, -0.25) is 9.36 Å². The molecule has 1 amide bonds. The number of aromatic nitrogens is 3. The molecular formula is C23H32N4O2S. The van der Waals surface area contributed by atoms with Crippen LogP contribution in [0.2, 0.25) is 0 Å². The van der Waals surface area contributed by atoms with E-state index in [1.54, 1.807) is 6.08 Å². The lowest BCUT2D eigenvalue weighted by Gasteiger charge is -2.17. The van der Waals surface area contributed by atoms with E-state index >= 15 is 0 Å². The number of amides is 1. The molecular weight excluding hydrogens is 396 g/mol. The van der Waals surface area contributed by atoms with E-state index in [0.29, 0.717) is 23.5 Å². The molecule has 1 aromatic heterocycles. The summed E-state index contributed by atoms with van der Waals surface area (Å²) in [5.74, 6) is 1.91. The van der Waals surface area contributed by atoms with E-state index < -0.39 is 0 Å². The topological polar surface area (TPSA) is 69.0 Å². The highest BCUT2D eigenvalue weighted by Crippen LogP contribution is 2.25. The molecule has 0 radical (unpaired) electrons. The Hall–Kier alpha value is -2.28. The predicted octanol–water partition coefficient (Wildman–Crippen LogP) is 4.84. The maximum atomic E-state index is 12.4. The fraction of sp³-hybridized carbons (Fsp3) is 0.522. The first-order valence-electron chi connectivity index (χ1n) is 10.8. The second-order valence-electron chi connectivity index (χ2n) is 7.86. The third kappa shape index (κ3) is 6.36. The maximum Gasteiger partial charge on any atom is 0.230 e. The standard InChI is InChI=1S/C23H32N4O2S/c1-4-15-27-22(18(3)29-20-13-11-17(2)12-14-20)25-26-23(27)30-16-21(28)24-19-9-7-5-6-8-10-19/h4,11-14,18-19H,1,5-10,15-16H2,2-3H3,(H,24,28). The van der Waals surface area contributed by atoms with Crippen molar-refractivity contribution in [2.24, 2.45) is 0 Å². The van der Waals surface area contributed by atoms with E-state index in [1.807, 2.05) is 42.7 Å². The third-order valence-electron chi connectivity index (χ3n) is 5.31. The smallest absolute Gasteiger partial charge is 0.230 e. The molecule has 0 saturated heterocycles. The van der Waals surface area contributed by atoms with E-state index in [4.69, 9.17) is 4.74 Å². The van der Waals surface area contributed by atoms with Crippen LogP contribution in [0.3, 0.4) is 0 Å². The minimum absolute atomic E-state index is 0.0607. The number of nitrogens with zero attached hydrogens (tertiary/aromatic N) is 3. The summed E-state index contributed by atoms with van der Waals surface area (Å²) < 4.78 is 8.02. The summed E-state index contributed by atoms with van der Waals surface area (Å²) in [6, 6.07) is 8.25. The van der Waals surface area contributed by atoms with Crippen LogP contribution in [0.1, 0.15) is 62.9 Å². The summed E-state index contributed by atoms with van der Waals surface area (Å²) >= 11 is 1.41. The minimum Gasteiger partial charge on any atom is -0.483 e. The van der Waals surface area contributed by atoms with Crippen LogP contribution in [0.5, 0.6) is 5.75 Å². The molecule has 0 bridgehead atoms. The van der Waals surface area contributed by atoms with Gasteiger partial charge in [-0.25, -0.2) is 0 Å². The van der Waals surface area contributed by atoms with Crippen LogP contribution in [0.15, 0.2) is 42.1 Å². The Labute approximate surface area is 183 Å². The van der Waals surface area contributed by atoms with Gasteiger partial charge in [0.15, 0.2) is 17.1 Å². The van der Waals surface area contributed by atoms with Crippen molar-refractivity contribution in [3.63, 3.8) is 0 Å². The first kappa shape index (κ1) is 22.4. The van der Waals surface area contributed by atoms with Crippen LogP contribution in [-0.4, -0.2) is 32.5 Å². The van der Waals surface area contributed by atoms with E-state index in [2.05, 4.69) is 22.1 Å². The highest BCUT2D eigenvalue weighted by Gasteiger charge is 2.20. The molecule has 3 rings (SSSR count). The molecule has 1 heterocycles. The van der Waals surface area contributed by atoms with Crippen molar-refractivity contribution in [1.29, 1.82) is 0 Å². The van der Waals surface area contributed by atoms with Crippen LogP contribution >= 0.6 is 11.8 Å². The van der Waals surface area contributed by atoms with Crippen molar-refractivity contribution in [1.82, 2.24) is 20.1 Å². The van der Waals surface area contributed by atoms with Gasteiger partial charge in [0, 0.05) is 12.6 Å². The highest BCUT2D eigenvalue weighted by atomic mass is 32.2. The first-order chi connectivity index (χ1) is 14.6. The fourth-order valence-electron chi connectivity index (χ4n) is 3.71. The SMILES string of the molecule is C=CCn1c(SCC(=O)NC2CCCCCC2)nnc1C(C)Oc1ccc(C)cc1. The largest absolute Gasteiger partial charge is 0.483 e. The molecule has 0 aliphatic heterocycles. The highest BCUT2D eigenvalue weighted by molar-refractivity contribution is 7.99. The molecule has 1 aliphatic carbocycles. The Morgan fingerprint density at radius 2 is 1.97 bits per heavy atom. The van der Waals surface area contributed by atoms with Gasteiger partial charge in [-0.15, -0.1) is 16.8 Å². The van der Waals surface area contributed by atoms with Crippen molar-refractivity contribution in [2.75, 3.05) is 5.75 Å². The zero-order valence-corrected chi connectivity index (χ0v) is 18.8. The number of benzene rings is 1. The number of thioether (sulfide) groups is 1. The van der Waals surface area contributed by atoms with Gasteiger partial charge in [-0.2, -0.15) is 0 Å². The van der Waals surface area contributed by atoms with Gasteiger partial charge in [-0.1, -0.05) is 61.2 Å². The molecule has 1 N–H and O–H groups in total. The molecule has 1 unspecified atom stereocenters. The van der Waals surface area contributed by atoms with Gasteiger partial charge in [0.1, 0.15) is 5.75 Å². The summed E-state index contributed by atoms with van der Waals surface area (Å²) in [5.41, 5.74) is 1.19. The van der Waals surface area contributed by atoms with Gasteiger partial charge < -0.3 is 10.1 Å². The molecule has 162 valence electrons. The van der Waals surface area contributed by atoms with Gasteiger partial charge in [-0.05, 0) is 38.8 Å².